The predicted molar refractivity (Wildman–Crippen MR) is 87.0 cm³/mol. The lowest BCUT2D eigenvalue weighted by atomic mass is 9.78. The van der Waals surface area contributed by atoms with Crippen LogP contribution in [0.2, 0.25) is 0 Å². The van der Waals surface area contributed by atoms with Crippen molar-refractivity contribution in [2.24, 2.45) is 17.6 Å². The van der Waals surface area contributed by atoms with Crippen molar-refractivity contribution in [3.05, 3.63) is 11.8 Å². The maximum absolute atomic E-state index is 11.9. The molecule has 2 heterocycles. The van der Waals surface area contributed by atoms with E-state index in [9.17, 15) is 4.79 Å². The summed E-state index contributed by atoms with van der Waals surface area (Å²) in [6, 6.07) is 2.07. The van der Waals surface area contributed by atoms with E-state index in [0.29, 0.717) is 30.0 Å². The summed E-state index contributed by atoms with van der Waals surface area (Å²) in [7, 11) is 0. The molecule has 3 N–H and O–H groups in total. The molecule has 1 aromatic heterocycles. The van der Waals surface area contributed by atoms with Gasteiger partial charge in [0.25, 0.3) is 0 Å². The number of aryl methyl sites for hydroxylation is 1. The number of fused-ring (bicyclic) bond motifs is 1. The zero-order valence-corrected chi connectivity index (χ0v) is 13.8. The zero-order valence-electron chi connectivity index (χ0n) is 13.0. The fourth-order valence-electron chi connectivity index (χ4n) is 3.68. The Labute approximate surface area is 137 Å². The number of aromatic nitrogens is 1. The Morgan fingerprint density at radius 3 is 3.00 bits per heavy atom. The Balaban J connectivity index is 0.00000176. The molecule has 3 rings (SSSR count). The third kappa shape index (κ3) is 4.00. The van der Waals surface area contributed by atoms with Crippen molar-refractivity contribution in [1.82, 2.24) is 10.1 Å². The Morgan fingerprint density at radius 1 is 1.50 bits per heavy atom. The van der Waals surface area contributed by atoms with Gasteiger partial charge in [0.1, 0.15) is 5.76 Å². The van der Waals surface area contributed by atoms with Gasteiger partial charge < -0.3 is 20.5 Å². The first-order valence-electron chi connectivity index (χ1n) is 7.83. The number of carbonyl (C=O) groups excluding carboxylic acids is 1. The molecule has 3 unspecified atom stereocenters. The van der Waals surface area contributed by atoms with Crippen LogP contribution in [0.25, 0.3) is 0 Å². The summed E-state index contributed by atoms with van der Waals surface area (Å²) in [6.45, 7) is 4.73. The van der Waals surface area contributed by atoms with Gasteiger partial charge in [0.2, 0.25) is 5.91 Å². The highest BCUT2D eigenvalue weighted by atomic mass is 35.5. The van der Waals surface area contributed by atoms with Crippen LogP contribution >= 0.6 is 12.4 Å². The first-order valence-corrected chi connectivity index (χ1v) is 7.83. The van der Waals surface area contributed by atoms with Crippen LogP contribution in [0, 0.1) is 18.8 Å². The molecule has 0 spiro atoms. The van der Waals surface area contributed by atoms with Crippen molar-refractivity contribution in [1.29, 1.82) is 0 Å². The predicted octanol–water partition coefficient (Wildman–Crippen LogP) is 1.79. The van der Waals surface area contributed by atoms with Gasteiger partial charge in [-0.15, -0.1) is 12.4 Å². The molecule has 6 nitrogen and oxygen atoms in total. The van der Waals surface area contributed by atoms with Crippen LogP contribution in [0.15, 0.2) is 10.6 Å². The van der Waals surface area contributed by atoms with Gasteiger partial charge in [-0.2, -0.15) is 0 Å². The van der Waals surface area contributed by atoms with Gasteiger partial charge in [-0.05, 0) is 31.6 Å². The summed E-state index contributed by atoms with van der Waals surface area (Å²) in [5.41, 5.74) is 6.22. The summed E-state index contributed by atoms with van der Waals surface area (Å²) in [5, 5.41) is 6.53. The average molecular weight is 329 g/mol. The number of anilines is 1. The van der Waals surface area contributed by atoms with E-state index in [4.69, 9.17) is 10.3 Å². The number of carbonyl (C=O) groups is 1. The van der Waals surface area contributed by atoms with Gasteiger partial charge in [0.15, 0.2) is 5.82 Å². The summed E-state index contributed by atoms with van der Waals surface area (Å²) < 4.78 is 4.93. The van der Waals surface area contributed by atoms with Crippen LogP contribution < -0.4 is 11.1 Å². The van der Waals surface area contributed by atoms with Crippen molar-refractivity contribution in [2.75, 3.05) is 25.0 Å². The molecular formula is C15H25ClN4O2. The van der Waals surface area contributed by atoms with Crippen molar-refractivity contribution in [3.8, 4) is 0 Å². The molecule has 1 aromatic rings. The summed E-state index contributed by atoms with van der Waals surface area (Å²) in [5.74, 6) is 2.54. The van der Waals surface area contributed by atoms with Crippen molar-refractivity contribution in [3.63, 3.8) is 0 Å². The van der Waals surface area contributed by atoms with E-state index < -0.39 is 0 Å². The Bertz CT molecular complexity index is 507. The maximum atomic E-state index is 11.9. The highest BCUT2D eigenvalue weighted by molar-refractivity contribution is 5.89. The monoisotopic (exact) mass is 328 g/mol. The van der Waals surface area contributed by atoms with Gasteiger partial charge in [0.05, 0.1) is 0 Å². The molecule has 124 valence electrons. The molecule has 2 fully saturated rings. The highest BCUT2D eigenvalue weighted by Gasteiger charge is 2.38. The smallest absolute Gasteiger partial charge is 0.226 e. The second-order valence-corrected chi connectivity index (χ2v) is 6.40. The molecule has 3 atom stereocenters. The molecule has 1 saturated heterocycles. The van der Waals surface area contributed by atoms with E-state index >= 15 is 0 Å². The standard InChI is InChI=1S/C15H24N4O2.ClH/c1-10-7-14(18-21-10)17-15(20)5-6-19-8-11-3-2-4-13(16)12(11)9-19;/h7,11-13H,2-6,8-9,16H2,1H3,(H,17,18,20);1H. The van der Waals surface area contributed by atoms with Gasteiger partial charge in [-0.3, -0.25) is 4.79 Å². The normalized spacial score (nSPS) is 28.0. The summed E-state index contributed by atoms with van der Waals surface area (Å²) >= 11 is 0. The average Bonchev–Trinajstić information content (AvgIpc) is 3.03. The molecular weight excluding hydrogens is 304 g/mol. The second-order valence-electron chi connectivity index (χ2n) is 6.40. The molecule has 2 aliphatic rings. The number of rotatable bonds is 4. The molecule has 1 aliphatic heterocycles. The number of nitrogens with one attached hydrogen (secondary N) is 1. The summed E-state index contributed by atoms with van der Waals surface area (Å²) in [4.78, 5) is 14.3. The Kier molecular flexibility index (Phi) is 5.83. The Morgan fingerprint density at radius 2 is 2.32 bits per heavy atom. The number of amides is 1. The lowest BCUT2D eigenvalue weighted by molar-refractivity contribution is -0.116. The van der Waals surface area contributed by atoms with Gasteiger partial charge >= 0.3 is 0 Å². The second kappa shape index (κ2) is 7.44. The van der Waals surface area contributed by atoms with Crippen LogP contribution in [-0.2, 0) is 4.79 Å². The van der Waals surface area contributed by atoms with Crippen LogP contribution in [0.5, 0.6) is 0 Å². The number of halogens is 1. The van der Waals surface area contributed by atoms with E-state index in [-0.39, 0.29) is 18.3 Å². The molecule has 1 aliphatic carbocycles. The van der Waals surface area contributed by atoms with E-state index in [1.54, 1.807) is 13.0 Å². The number of nitrogens with two attached hydrogens (primary N) is 1. The largest absolute Gasteiger partial charge is 0.360 e. The van der Waals surface area contributed by atoms with Crippen LogP contribution in [0.3, 0.4) is 0 Å². The van der Waals surface area contributed by atoms with Gasteiger partial charge in [-0.25, -0.2) is 0 Å². The molecule has 22 heavy (non-hydrogen) atoms. The van der Waals surface area contributed by atoms with Crippen molar-refractivity contribution < 1.29 is 9.32 Å². The number of nitrogens with zero attached hydrogens (tertiary/aromatic N) is 2. The summed E-state index contributed by atoms with van der Waals surface area (Å²) in [6.07, 6.45) is 4.18. The van der Waals surface area contributed by atoms with E-state index in [0.717, 1.165) is 32.0 Å². The van der Waals surface area contributed by atoms with Crippen LogP contribution in [-0.4, -0.2) is 41.6 Å². The minimum Gasteiger partial charge on any atom is -0.360 e. The maximum Gasteiger partial charge on any atom is 0.226 e. The lowest BCUT2D eigenvalue weighted by Crippen LogP contribution is -2.38. The minimum atomic E-state index is -0.0116. The third-order valence-electron chi connectivity index (χ3n) is 4.78. The first kappa shape index (κ1) is 17.2. The van der Waals surface area contributed by atoms with Crippen LogP contribution in [0.1, 0.15) is 31.4 Å². The fourth-order valence-corrected chi connectivity index (χ4v) is 3.68. The minimum absolute atomic E-state index is 0. The number of hydrogen-bond acceptors (Lipinski definition) is 5. The zero-order chi connectivity index (χ0) is 14.8. The van der Waals surface area contributed by atoms with Gasteiger partial charge in [-0.1, -0.05) is 11.6 Å². The molecule has 0 aromatic carbocycles. The topological polar surface area (TPSA) is 84.4 Å². The fraction of sp³-hybridized carbons (Fsp3) is 0.733. The van der Waals surface area contributed by atoms with Crippen molar-refractivity contribution >= 4 is 24.1 Å². The number of likely N-dealkylation sites (tertiary alicyclic amines) is 1. The lowest BCUT2D eigenvalue weighted by Gasteiger charge is -2.29. The molecule has 0 radical (unpaired) electrons. The quantitative estimate of drug-likeness (QED) is 0.880. The van der Waals surface area contributed by atoms with E-state index in [1.165, 1.54) is 12.8 Å². The molecule has 7 heteroatoms. The van der Waals surface area contributed by atoms with E-state index in [1.807, 2.05) is 0 Å². The number of hydrogen-bond donors (Lipinski definition) is 2. The van der Waals surface area contributed by atoms with E-state index in [2.05, 4.69) is 15.4 Å². The molecule has 1 saturated carbocycles. The highest BCUT2D eigenvalue weighted by Crippen LogP contribution is 2.35. The molecule has 0 bridgehead atoms. The first-order chi connectivity index (χ1) is 10.1. The third-order valence-corrected chi connectivity index (χ3v) is 4.78. The van der Waals surface area contributed by atoms with Crippen molar-refractivity contribution in [2.45, 2.75) is 38.6 Å². The molecule has 1 amide bonds. The van der Waals surface area contributed by atoms with Gasteiger partial charge in [0, 0.05) is 38.2 Å². The SMILES string of the molecule is Cc1cc(NC(=O)CCN2CC3CCCC(N)C3C2)no1.Cl. The van der Waals surface area contributed by atoms with Crippen LogP contribution in [0.4, 0.5) is 5.82 Å². The Hall–Kier alpha value is -1.11.